The molecule has 0 saturated carbocycles. The Morgan fingerprint density at radius 2 is 1.96 bits per heavy atom. The highest BCUT2D eigenvalue weighted by atomic mass is 35.5. The molecule has 0 aromatic heterocycles. The van der Waals surface area contributed by atoms with E-state index in [4.69, 9.17) is 16.3 Å². The van der Waals surface area contributed by atoms with Crippen LogP contribution >= 0.6 is 11.6 Å². The maximum absolute atomic E-state index is 12.6. The summed E-state index contributed by atoms with van der Waals surface area (Å²) in [6.45, 7) is 1.67. The van der Waals surface area contributed by atoms with E-state index >= 15 is 0 Å². The molecule has 3 amide bonds. The molecule has 9 nitrogen and oxygen atoms in total. The summed E-state index contributed by atoms with van der Waals surface area (Å²) in [5, 5.41) is -0.249. The molecule has 1 heterocycles. The molecule has 1 aliphatic heterocycles. The smallest absolute Gasteiger partial charge is 0.429 e. The van der Waals surface area contributed by atoms with Crippen LogP contribution in [0.15, 0.2) is 41.6 Å². The minimum atomic E-state index is -4.65. The molecule has 1 aromatic carbocycles. The van der Waals surface area contributed by atoms with Gasteiger partial charge in [0.15, 0.2) is 5.37 Å². The molecule has 1 aromatic rings. The number of rotatable bonds is 5. The van der Waals surface area contributed by atoms with Gasteiger partial charge in [-0.25, -0.2) is 19.6 Å². The average Bonchev–Trinajstić information content (AvgIpc) is 2.56. The minimum Gasteiger partial charge on any atom is -0.448 e. The molecule has 0 radical (unpaired) electrons. The van der Waals surface area contributed by atoms with Crippen molar-refractivity contribution >= 4 is 33.8 Å². The molecular weight excluding hydrogens is 386 g/mol. The van der Waals surface area contributed by atoms with Crippen molar-refractivity contribution in [1.82, 2.24) is 14.9 Å². The van der Waals surface area contributed by atoms with E-state index in [2.05, 4.69) is 0 Å². The standard InChI is InChI=1S/C15H18ClN3O6S/c1-3-25-15(21)19(9-11-7-5-4-6-8-11)18-10-12(16)13(26(22,23)24)17(2)14(18)20/h4-8,10,13H,3,9H2,1-2H3,(H,22,23,24). The van der Waals surface area contributed by atoms with Crippen molar-refractivity contribution in [2.24, 2.45) is 0 Å². The molecule has 0 aliphatic carbocycles. The number of hydrogen-bond acceptors (Lipinski definition) is 5. The Labute approximate surface area is 156 Å². The van der Waals surface area contributed by atoms with Crippen molar-refractivity contribution in [3.8, 4) is 0 Å². The van der Waals surface area contributed by atoms with Gasteiger partial charge < -0.3 is 9.64 Å². The lowest BCUT2D eigenvalue weighted by atomic mass is 10.2. The van der Waals surface area contributed by atoms with E-state index < -0.39 is 27.6 Å². The van der Waals surface area contributed by atoms with Crippen LogP contribution in [0.25, 0.3) is 0 Å². The average molecular weight is 404 g/mol. The van der Waals surface area contributed by atoms with Crippen molar-refractivity contribution in [3.63, 3.8) is 0 Å². The third-order valence-corrected chi connectivity index (χ3v) is 5.10. The number of benzene rings is 1. The molecular formula is C15H18ClN3O6S. The monoisotopic (exact) mass is 403 g/mol. The molecule has 1 unspecified atom stereocenters. The number of nitrogens with zero attached hydrogens (tertiary/aromatic N) is 3. The molecule has 1 atom stereocenters. The largest absolute Gasteiger partial charge is 0.448 e. The Bertz CT molecular complexity index is 814. The second-order valence-electron chi connectivity index (χ2n) is 5.36. The van der Waals surface area contributed by atoms with Gasteiger partial charge in [0.2, 0.25) is 0 Å². The number of ether oxygens (including phenoxy) is 1. The molecule has 142 valence electrons. The molecule has 26 heavy (non-hydrogen) atoms. The molecule has 0 bridgehead atoms. The summed E-state index contributed by atoms with van der Waals surface area (Å²) in [6.07, 6.45) is 0.159. The van der Waals surface area contributed by atoms with E-state index in [-0.39, 0.29) is 18.2 Å². The van der Waals surface area contributed by atoms with Crippen LogP contribution in [0.1, 0.15) is 12.5 Å². The highest BCUT2D eigenvalue weighted by Crippen LogP contribution is 2.27. The summed E-state index contributed by atoms with van der Waals surface area (Å²) < 4.78 is 37.2. The van der Waals surface area contributed by atoms with Crippen molar-refractivity contribution < 1.29 is 27.3 Å². The fraction of sp³-hybridized carbons (Fsp3) is 0.333. The molecule has 1 aliphatic rings. The predicted octanol–water partition coefficient (Wildman–Crippen LogP) is 2.22. The van der Waals surface area contributed by atoms with Crippen LogP contribution in [0.4, 0.5) is 9.59 Å². The Balaban J connectivity index is 2.42. The van der Waals surface area contributed by atoms with Gasteiger partial charge in [-0.15, -0.1) is 0 Å². The normalized spacial score (nSPS) is 17.8. The van der Waals surface area contributed by atoms with Crippen LogP contribution in [0, 0.1) is 0 Å². The van der Waals surface area contributed by atoms with Gasteiger partial charge in [0.25, 0.3) is 10.1 Å². The Hall–Kier alpha value is -2.30. The molecule has 0 spiro atoms. The zero-order chi connectivity index (χ0) is 19.5. The Morgan fingerprint density at radius 3 is 2.50 bits per heavy atom. The fourth-order valence-electron chi connectivity index (χ4n) is 2.38. The van der Waals surface area contributed by atoms with E-state index in [9.17, 15) is 22.6 Å². The van der Waals surface area contributed by atoms with Crippen LogP contribution in [-0.2, 0) is 21.4 Å². The maximum atomic E-state index is 12.6. The van der Waals surface area contributed by atoms with Gasteiger partial charge in [-0.05, 0) is 12.5 Å². The van der Waals surface area contributed by atoms with Crippen molar-refractivity contribution in [3.05, 3.63) is 47.1 Å². The number of likely N-dealkylation sites (N-methyl/N-ethyl adjacent to an activating group) is 1. The Kier molecular flexibility index (Phi) is 6.11. The number of halogens is 1. The molecule has 11 heteroatoms. The van der Waals surface area contributed by atoms with Crippen molar-refractivity contribution in [2.45, 2.75) is 18.8 Å². The SMILES string of the molecule is CCOC(=O)N(Cc1ccccc1)N1C=C(Cl)C(S(=O)(=O)O)N(C)C1=O. The van der Waals surface area contributed by atoms with Crippen LogP contribution in [-0.4, -0.2) is 59.0 Å². The number of amides is 3. The predicted molar refractivity (Wildman–Crippen MR) is 93.3 cm³/mol. The van der Waals surface area contributed by atoms with Gasteiger partial charge in [0.05, 0.1) is 24.4 Å². The van der Waals surface area contributed by atoms with E-state index in [1.165, 1.54) is 0 Å². The minimum absolute atomic E-state index is 0.0174. The van der Waals surface area contributed by atoms with Gasteiger partial charge in [0, 0.05) is 7.05 Å². The summed E-state index contributed by atoms with van der Waals surface area (Å²) in [6, 6.07) is 7.94. The summed E-state index contributed by atoms with van der Waals surface area (Å²) >= 11 is 5.96. The molecule has 1 N–H and O–H groups in total. The van der Waals surface area contributed by atoms with E-state index in [0.717, 1.165) is 28.2 Å². The van der Waals surface area contributed by atoms with Gasteiger partial charge in [-0.2, -0.15) is 8.42 Å². The number of carbonyl (C=O) groups excluding carboxylic acids is 2. The highest BCUT2D eigenvalue weighted by Gasteiger charge is 2.42. The molecule has 2 rings (SSSR count). The lowest BCUT2D eigenvalue weighted by molar-refractivity contribution is 0.0141. The zero-order valence-corrected chi connectivity index (χ0v) is 15.6. The van der Waals surface area contributed by atoms with Crippen LogP contribution in [0.2, 0.25) is 0 Å². The van der Waals surface area contributed by atoms with Crippen molar-refractivity contribution in [1.29, 1.82) is 0 Å². The van der Waals surface area contributed by atoms with Gasteiger partial charge in [-0.1, -0.05) is 41.9 Å². The van der Waals surface area contributed by atoms with Crippen molar-refractivity contribution in [2.75, 3.05) is 13.7 Å². The first-order chi connectivity index (χ1) is 12.2. The van der Waals surface area contributed by atoms with Crippen LogP contribution in [0.5, 0.6) is 0 Å². The number of hydrogen-bond donors (Lipinski definition) is 1. The first kappa shape index (κ1) is 20.0. The fourth-order valence-corrected chi connectivity index (χ4v) is 3.79. The second kappa shape index (κ2) is 7.94. The third-order valence-electron chi connectivity index (χ3n) is 3.53. The van der Waals surface area contributed by atoms with E-state index in [1.54, 1.807) is 37.3 Å². The van der Waals surface area contributed by atoms with Gasteiger partial charge >= 0.3 is 12.1 Å². The first-order valence-corrected chi connectivity index (χ1v) is 9.42. The number of carbonyl (C=O) groups is 2. The second-order valence-corrected chi connectivity index (χ2v) is 7.27. The Morgan fingerprint density at radius 1 is 1.35 bits per heavy atom. The van der Waals surface area contributed by atoms with Crippen LogP contribution < -0.4 is 0 Å². The summed E-state index contributed by atoms with van der Waals surface area (Å²) in [5.74, 6) is 0. The number of urea groups is 1. The quantitative estimate of drug-likeness (QED) is 0.755. The summed E-state index contributed by atoms with van der Waals surface area (Å²) in [7, 11) is -3.50. The first-order valence-electron chi connectivity index (χ1n) is 7.54. The molecule has 0 saturated heterocycles. The molecule has 0 fully saturated rings. The lowest BCUT2D eigenvalue weighted by Gasteiger charge is -2.39. The van der Waals surface area contributed by atoms with E-state index in [0.29, 0.717) is 5.56 Å². The lowest BCUT2D eigenvalue weighted by Crippen LogP contribution is -2.57. The third kappa shape index (κ3) is 4.26. The number of hydrazine groups is 1. The maximum Gasteiger partial charge on any atom is 0.429 e. The van der Waals surface area contributed by atoms with E-state index in [1.807, 2.05) is 0 Å². The summed E-state index contributed by atoms with van der Waals surface area (Å²) in [4.78, 5) is 25.6. The summed E-state index contributed by atoms with van der Waals surface area (Å²) in [5.41, 5.74) is 0.706. The topological polar surface area (TPSA) is 107 Å². The zero-order valence-electron chi connectivity index (χ0n) is 14.1. The van der Waals surface area contributed by atoms with Crippen LogP contribution in [0.3, 0.4) is 0 Å². The van der Waals surface area contributed by atoms with Gasteiger partial charge in [-0.3, -0.25) is 4.55 Å². The highest BCUT2D eigenvalue weighted by molar-refractivity contribution is 7.86. The van der Waals surface area contributed by atoms with Gasteiger partial charge in [0.1, 0.15) is 0 Å².